The van der Waals surface area contributed by atoms with E-state index in [9.17, 15) is 4.79 Å². The highest BCUT2D eigenvalue weighted by Crippen LogP contribution is 2.27. The molecule has 1 rings (SSSR count). The molecular weight excluding hydrogens is 316 g/mol. The first-order valence-corrected chi connectivity index (χ1v) is 8.34. The van der Waals surface area contributed by atoms with Crippen molar-refractivity contribution in [2.24, 2.45) is 0 Å². The van der Waals surface area contributed by atoms with Gasteiger partial charge in [0, 0.05) is 5.56 Å². The average molecular weight is 344 g/mol. The third-order valence-electron chi connectivity index (χ3n) is 3.80. The Morgan fingerprint density at radius 1 is 1.12 bits per heavy atom. The van der Waals surface area contributed by atoms with Crippen LogP contribution >= 0.6 is 0 Å². The summed E-state index contributed by atoms with van der Waals surface area (Å²) in [7, 11) is 2.83. The van der Waals surface area contributed by atoms with Crippen LogP contribution < -0.4 is 4.74 Å². The normalized spacial score (nSPS) is 12.8. The molecular formula is C21H28O4. The zero-order valence-electron chi connectivity index (χ0n) is 15.8. The van der Waals surface area contributed by atoms with E-state index in [1.165, 1.54) is 26.1 Å². The lowest BCUT2D eigenvalue weighted by Crippen LogP contribution is -2.07. The van der Waals surface area contributed by atoms with E-state index < -0.39 is 5.97 Å². The van der Waals surface area contributed by atoms with Crippen LogP contribution in [0.25, 0.3) is 5.57 Å². The minimum atomic E-state index is -0.466. The Bertz CT molecular complexity index is 654. The van der Waals surface area contributed by atoms with Crippen molar-refractivity contribution >= 4 is 11.5 Å². The standard InChI is InChI=1S/C21H28O4/c1-6-16(2)10-9-11-17(3)14-25-20-13-8-7-12-18(20)19(15-23-4)21(22)24-5/h6-8,11-13,15H,9-10,14H2,1-5H3. The number of ether oxygens (including phenoxy) is 3. The number of para-hydroxylation sites is 1. The molecule has 0 aliphatic rings. The Labute approximate surface area is 150 Å². The van der Waals surface area contributed by atoms with Crippen molar-refractivity contribution in [3.63, 3.8) is 0 Å². The molecule has 0 N–H and O–H groups in total. The number of hydrogen-bond acceptors (Lipinski definition) is 4. The van der Waals surface area contributed by atoms with Gasteiger partial charge in [0.05, 0.1) is 20.5 Å². The van der Waals surface area contributed by atoms with E-state index in [0.29, 0.717) is 23.5 Å². The van der Waals surface area contributed by atoms with Crippen LogP contribution in [0.1, 0.15) is 39.2 Å². The number of carbonyl (C=O) groups is 1. The molecule has 0 aliphatic heterocycles. The van der Waals surface area contributed by atoms with Crippen molar-refractivity contribution < 1.29 is 19.0 Å². The molecule has 0 fully saturated rings. The number of esters is 1. The number of hydrogen-bond donors (Lipinski definition) is 0. The maximum Gasteiger partial charge on any atom is 0.341 e. The molecule has 0 heterocycles. The molecule has 1 aromatic rings. The first-order chi connectivity index (χ1) is 12.0. The summed E-state index contributed by atoms with van der Waals surface area (Å²) in [5.74, 6) is 0.153. The predicted octanol–water partition coefficient (Wildman–Crippen LogP) is 4.92. The van der Waals surface area contributed by atoms with Gasteiger partial charge in [-0.15, -0.1) is 0 Å². The van der Waals surface area contributed by atoms with Crippen molar-refractivity contribution in [3.05, 3.63) is 59.4 Å². The Morgan fingerprint density at radius 3 is 2.48 bits per heavy atom. The molecule has 4 nitrogen and oxygen atoms in total. The van der Waals surface area contributed by atoms with Crippen LogP contribution in [-0.4, -0.2) is 26.8 Å². The van der Waals surface area contributed by atoms with Crippen molar-refractivity contribution in [1.29, 1.82) is 0 Å². The van der Waals surface area contributed by atoms with Crippen LogP contribution in [0.2, 0.25) is 0 Å². The molecule has 1 aromatic carbocycles. The number of allylic oxidation sites excluding steroid dienone is 3. The molecule has 0 atom stereocenters. The molecule has 25 heavy (non-hydrogen) atoms. The van der Waals surface area contributed by atoms with Crippen molar-refractivity contribution in [3.8, 4) is 5.75 Å². The van der Waals surface area contributed by atoms with Gasteiger partial charge in [0.1, 0.15) is 17.9 Å². The van der Waals surface area contributed by atoms with E-state index in [2.05, 4.69) is 26.0 Å². The van der Waals surface area contributed by atoms with Gasteiger partial charge in [-0.3, -0.25) is 0 Å². The van der Waals surface area contributed by atoms with Gasteiger partial charge in [0.25, 0.3) is 0 Å². The van der Waals surface area contributed by atoms with Crippen molar-refractivity contribution in [2.45, 2.75) is 33.6 Å². The predicted molar refractivity (Wildman–Crippen MR) is 101 cm³/mol. The molecule has 0 aromatic heterocycles. The summed E-state index contributed by atoms with van der Waals surface area (Å²) in [6.07, 6.45) is 7.72. The van der Waals surface area contributed by atoms with Gasteiger partial charge >= 0.3 is 5.97 Å². The van der Waals surface area contributed by atoms with E-state index >= 15 is 0 Å². The zero-order chi connectivity index (χ0) is 18.7. The molecule has 0 saturated carbocycles. The highest BCUT2D eigenvalue weighted by atomic mass is 16.5. The first-order valence-electron chi connectivity index (χ1n) is 8.34. The Kier molecular flexibility index (Phi) is 9.15. The van der Waals surface area contributed by atoms with Crippen LogP contribution in [0.15, 0.2) is 53.8 Å². The molecule has 0 unspecified atom stereocenters. The summed E-state index contributed by atoms with van der Waals surface area (Å²) in [6.45, 7) is 6.69. The molecule has 0 spiro atoms. The van der Waals surface area contributed by atoms with Gasteiger partial charge in [-0.1, -0.05) is 35.9 Å². The number of rotatable bonds is 9. The fourth-order valence-electron chi connectivity index (χ4n) is 2.21. The summed E-state index contributed by atoms with van der Waals surface area (Å²) in [5.41, 5.74) is 3.50. The lowest BCUT2D eigenvalue weighted by atomic mass is 10.1. The number of benzene rings is 1. The molecule has 0 bridgehead atoms. The average Bonchev–Trinajstić information content (AvgIpc) is 2.64. The van der Waals surface area contributed by atoms with Gasteiger partial charge in [0.15, 0.2) is 0 Å². The maximum absolute atomic E-state index is 12.0. The first kappa shape index (κ1) is 20.6. The molecule has 0 radical (unpaired) electrons. The third-order valence-corrected chi connectivity index (χ3v) is 3.80. The second-order valence-electron chi connectivity index (χ2n) is 5.77. The summed E-state index contributed by atoms with van der Waals surface area (Å²) < 4.78 is 15.8. The van der Waals surface area contributed by atoms with Crippen LogP contribution in [0.5, 0.6) is 5.75 Å². The van der Waals surface area contributed by atoms with Crippen LogP contribution in [0.3, 0.4) is 0 Å². The van der Waals surface area contributed by atoms with E-state index in [4.69, 9.17) is 14.2 Å². The van der Waals surface area contributed by atoms with Crippen molar-refractivity contribution in [2.75, 3.05) is 20.8 Å². The quantitative estimate of drug-likeness (QED) is 0.276. The molecule has 136 valence electrons. The molecule has 0 amide bonds. The number of methoxy groups -OCH3 is 2. The zero-order valence-corrected chi connectivity index (χ0v) is 15.8. The highest BCUT2D eigenvalue weighted by molar-refractivity contribution is 6.16. The summed E-state index contributed by atoms with van der Waals surface area (Å²) in [6, 6.07) is 7.36. The van der Waals surface area contributed by atoms with E-state index in [1.807, 2.05) is 31.2 Å². The molecule has 0 saturated heterocycles. The van der Waals surface area contributed by atoms with Gasteiger partial charge in [0.2, 0.25) is 0 Å². The Hall–Kier alpha value is -2.49. The lowest BCUT2D eigenvalue weighted by molar-refractivity contribution is -0.133. The monoisotopic (exact) mass is 344 g/mol. The second kappa shape index (κ2) is 11.1. The molecule has 4 heteroatoms. The summed E-state index contributed by atoms with van der Waals surface area (Å²) in [4.78, 5) is 12.0. The van der Waals surface area contributed by atoms with Crippen molar-refractivity contribution in [1.82, 2.24) is 0 Å². The van der Waals surface area contributed by atoms with E-state index in [1.54, 1.807) is 0 Å². The summed E-state index contributed by atoms with van der Waals surface area (Å²) >= 11 is 0. The minimum absolute atomic E-state index is 0.325. The number of carbonyl (C=O) groups excluding carboxylic acids is 1. The highest BCUT2D eigenvalue weighted by Gasteiger charge is 2.17. The topological polar surface area (TPSA) is 44.8 Å². The largest absolute Gasteiger partial charge is 0.503 e. The minimum Gasteiger partial charge on any atom is -0.503 e. The van der Waals surface area contributed by atoms with E-state index in [0.717, 1.165) is 18.4 Å². The van der Waals surface area contributed by atoms with Gasteiger partial charge < -0.3 is 14.2 Å². The van der Waals surface area contributed by atoms with Gasteiger partial charge in [-0.25, -0.2) is 4.79 Å². The lowest BCUT2D eigenvalue weighted by Gasteiger charge is -2.13. The van der Waals surface area contributed by atoms with Gasteiger partial charge in [-0.05, 0) is 45.3 Å². The van der Waals surface area contributed by atoms with E-state index in [-0.39, 0.29) is 0 Å². The smallest absolute Gasteiger partial charge is 0.341 e. The van der Waals surface area contributed by atoms with Crippen LogP contribution in [0, 0.1) is 0 Å². The second-order valence-corrected chi connectivity index (χ2v) is 5.77. The SMILES string of the molecule is CC=C(C)CCC=C(C)COc1ccccc1C(=COC)C(=O)OC. The summed E-state index contributed by atoms with van der Waals surface area (Å²) in [5, 5.41) is 0. The molecule has 0 aliphatic carbocycles. The fourth-order valence-corrected chi connectivity index (χ4v) is 2.21. The van der Waals surface area contributed by atoms with Gasteiger partial charge in [-0.2, -0.15) is 0 Å². The Morgan fingerprint density at radius 2 is 1.84 bits per heavy atom. The van der Waals surface area contributed by atoms with Crippen LogP contribution in [-0.2, 0) is 14.3 Å². The maximum atomic E-state index is 12.0. The fraction of sp³-hybridized carbons (Fsp3) is 0.381. The third kappa shape index (κ3) is 6.87. The van der Waals surface area contributed by atoms with Crippen LogP contribution in [0.4, 0.5) is 0 Å². The Balaban J connectivity index is 2.85.